The Hall–Kier alpha value is -3.85. The van der Waals surface area contributed by atoms with Crippen molar-refractivity contribution in [3.8, 4) is 5.75 Å². The number of methoxy groups -OCH3 is 1. The molecule has 13 heteroatoms. The highest BCUT2D eigenvalue weighted by molar-refractivity contribution is 8.22. The van der Waals surface area contributed by atoms with Crippen molar-refractivity contribution in [3.63, 3.8) is 0 Å². The number of hydrogen-bond donors (Lipinski definition) is 7. The van der Waals surface area contributed by atoms with E-state index < -0.39 is 41.2 Å². The van der Waals surface area contributed by atoms with Crippen molar-refractivity contribution in [2.45, 2.75) is 55.9 Å². The number of nitrogens with two attached hydrogens (primary N) is 1. The Bertz CT molecular complexity index is 1430. The maximum atomic E-state index is 13.2. The summed E-state index contributed by atoms with van der Waals surface area (Å²) >= 11 is 0. The third-order valence-electron chi connectivity index (χ3n) is 7.60. The van der Waals surface area contributed by atoms with E-state index >= 15 is 0 Å². The van der Waals surface area contributed by atoms with E-state index in [1.165, 1.54) is 4.31 Å². The number of rotatable bonds is 14. The number of carbonyl (C=O) groups excluding carboxylic acids is 2. The smallest absolute Gasteiger partial charge is 0.407 e. The van der Waals surface area contributed by atoms with E-state index in [-0.39, 0.29) is 49.2 Å². The molecule has 0 saturated carbocycles. The molecule has 0 radical (unpaired) electrons. The molecule has 1 heterocycles. The summed E-state index contributed by atoms with van der Waals surface area (Å²) in [6.45, 7) is 4.29. The van der Waals surface area contributed by atoms with Gasteiger partial charge >= 0.3 is 6.09 Å². The molecule has 46 heavy (non-hydrogen) atoms. The van der Waals surface area contributed by atoms with Crippen LogP contribution in [0.15, 0.2) is 83.8 Å². The predicted octanol–water partition coefficient (Wildman–Crippen LogP) is 4.33. The fourth-order valence-electron chi connectivity index (χ4n) is 5.24. The largest absolute Gasteiger partial charge is 0.497 e. The summed E-state index contributed by atoms with van der Waals surface area (Å²) in [6, 6.07) is 21.3. The fraction of sp³-hybridized carbons (Fsp3) is 0.394. The van der Waals surface area contributed by atoms with Crippen molar-refractivity contribution in [3.05, 3.63) is 84.4 Å². The van der Waals surface area contributed by atoms with Crippen LogP contribution in [0.3, 0.4) is 0 Å². The molecule has 3 aromatic carbocycles. The van der Waals surface area contributed by atoms with Gasteiger partial charge in [0.15, 0.2) is 0 Å². The second-order valence-corrected chi connectivity index (χ2v) is 13.8. The highest BCUT2D eigenvalue weighted by Gasteiger charge is 2.35. The molecule has 0 unspecified atom stereocenters. The van der Waals surface area contributed by atoms with Gasteiger partial charge in [-0.25, -0.2) is 4.79 Å². The highest BCUT2D eigenvalue weighted by atomic mass is 32.3. The first-order valence-corrected chi connectivity index (χ1v) is 16.7. The van der Waals surface area contributed by atoms with Crippen LogP contribution >= 0.6 is 10.8 Å². The molecular formula is C33H45N5O7S. The molecule has 1 fully saturated rings. The van der Waals surface area contributed by atoms with Gasteiger partial charge in [0.05, 0.1) is 30.2 Å². The zero-order valence-corrected chi connectivity index (χ0v) is 27.2. The second-order valence-electron chi connectivity index (χ2n) is 11.8. The van der Waals surface area contributed by atoms with E-state index in [1.54, 1.807) is 55.6 Å². The van der Waals surface area contributed by atoms with Crippen molar-refractivity contribution in [2.75, 3.05) is 37.8 Å². The summed E-state index contributed by atoms with van der Waals surface area (Å²) in [5, 5.41) is 20.2. The molecule has 0 aromatic heterocycles. The Morgan fingerprint density at radius 2 is 1.76 bits per heavy atom. The zero-order chi connectivity index (χ0) is 33.3. The number of aliphatic hydroxyl groups is 1. The Morgan fingerprint density at radius 1 is 1.04 bits per heavy atom. The van der Waals surface area contributed by atoms with Gasteiger partial charge in [-0.15, -0.1) is 10.8 Å². The van der Waals surface area contributed by atoms with Crippen LogP contribution in [0.1, 0.15) is 25.8 Å². The van der Waals surface area contributed by atoms with Crippen LogP contribution < -0.4 is 26.4 Å². The van der Waals surface area contributed by atoms with E-state index in [2.05, 4.69) is 16.0 Å². The molecule has 0 spiro atoms. The van der Waals surface area contributed by atoms with Crippen LogP contribution in [-0.2, 0) is 16.0 Å². The lowest BCUT2D eigenvalue weighted by molar-refractivity contribution is -0.117. The second kappa shape index (κ2) is 16.1. The first kappa shape index (κ1) is 35.0. The normalized spacial score (nSPS) is 18.2. The molecule has 8 N–H and O–H groups in total. The van der Waals surface area contributed by atoms with Gasteiger partial charge in [-0.2, -0.15) is 4.31 Å². The van der Waals surface area contributed by atoms with Crippen LogP contribution in [0, 0.1) is 5.92 Å². The van der Waals surface area contributed by atoms with E-state index in [1.807, 2.05) is 44.2 Å². The molecule has 0 aliphatic carbocycles. The van der Waals surface area contributed by atoms with Gasteiger partial charge in [-0.1, -0.05) is 50.2 Å². The number of hydrogen-bond acceptors (Lipinski definition) is 10. The summed E-state index contributed by atoms with van der Waals surface area (Å²) in [4.78, 5) is 26.3. The Labute approximate surface area is 271 Å². The van der Waals surface area contributed by atoms with Crippen molar-refractivity contribution in [1.29, 1.82) is 0 Å². The van der Waals surface area contributed by atoms with E-state index in [0.717, 1.165) is 5.56 Å². The zero-order valence-electron chi connectivity index (χ0n) is 26.3. The molecule has 1 aliphatic heterocycles. The molecule has 250 valence electrons. The Balaban J connectivity index is 1.42. The molecule has 2 amide bonds. The lowest BCUT2D eigenvalue weighted by Gasteiger charge is -2.45. The van der Waals surface area contributed by atoms with Gasteiger partial charge in [0, 0.05) is 43.5 Å². The van der Waals surface area contributed by atoms with Crippen molar-refractivity contribution in [1.82, 2.24) is 14.9 Å². The van der Waals surface area contributed by atoms with E-state index in [9.17, 15) is 23.8 Å². The lowest BCUT2D eigenvalue weighted by atomic mass is 10.0. The standard InChI is InChI=1S/C33H45N5O7S/c1-22(2)20-38(46(42,43)28-14-12-24(34)13-15-28)21-31(39)29(16-23-8-5-4-6-9-23)37-33(41)45-27-18-30(35-19-27)32(40)36-25-10-7-11-26(17-25)44-3/h4-15,17,22,27,29-31,35,39,42-43H,16,18-21,34H2,1-3H3,(H,36,40)(H,37,41)/t27-,29+,30+,31-/m1/s1. The highest BCUT2D eigenvalue weighted by Crippen LogP contribution is 2.52. The number of carbonyl (C=O) groups is 2. The van der Waals surface area contributed by atoms with Crippen LogP contribution in [-0.4, -0.2) is 81.6 Å². The van der Waals surface area contributed by atoms with Crippen molar-refractivity contribution in [2.24, 2.45) is 5.92 Å². The number of anilines is 2. The maximum Gasteiger partial charge on any atom is 0.407 e. The minimum absolute atomic E-state index is 0.0431. The van der Waals surface area contributed by atoms with Crippen LogP contribution in [0.25, 0.3) is 0 Å². The van der Waals surface area contributed by atoms with Gasteiger partial charge in [0.1, 0.15) is 11.9 Å². The molecule has 4 rings (SSSR count). The van der Waals surface area contributed by atoms with Crippen LogP contribution in [0.5, 0.6) is 5.75 Å². The predicted molar refractivity (Wildman–Crippen MR) is 180 cm³/mol. The minimum Gasteiger partial charge on any atom is -0.497 e. The van der Waals surface area contributed by atoms with Crippen molar-refractivity contribution < 1.29 is 33.3 Å². The summed E-state index contributed by atoms with van der Waals surface area (Å²) in [5.41, 5.74) is 7.74. The number of ether oxygens (including phenoxy) is 2. The van der Waals surface area contributed by atoms with Gasteiger partial charge in [-0.3, -0.25) is 13.9 Å². The molecule has 4 atom stereocenters. The third kappa shape index (κ3) is 9.82. The molecule has 1 saturated heterocycles. The maximum absolute atomic E-state index is 13.2. The number of aliphatic hydroxyl groups excluding tert-OH is 1. The summed E-state index contributed by atoms with van der Waals surface area (Å²) in [6.07, 6.45) is -2.00. The summed E-state index contributed by atoms with van der Waals surface area (Å²) in [5.74, 6) is 0.397. The topological polar surface area (TPSA) is 179 Å². The molecule has 12 nitrogen and oxygen atoms in total. The van der Waals surface area contributed by atoms with Gasteiger partial charge in [-0.05, 0) is 54.3 Å². The fourth-order valence-corrected chi connectivity index (χ4v) is 6.90. The number of nitrogen functional groups attached to an aromatic ring is 1. The van der Waals surface area contributed by atoms with Gasteiger partial charge in [0.25, 0.3) is 0 Å². The SMILES string of the molecule is COc1cccc(NC(=O)[C@@H]2C[C@@H](OC(=O)N[C@@H](Cc3ccccc3)[C@H](O)CN(CC(C)C)S(O)(O)c3ccc(N)cc3)CN2)c1. The number of benzene rings is 3. The first-order valence-electron chi connectivity index (χ1n) is 15.2. The molecule has 1 aliphatic rings. The minimum atomic E-state index is -3.48. The average molecular weight is 656 g/mol. The number of amides is 2. The summed E-state index contributed by atoms with van der Waals surface area (Å²) < 4.78 is 35.0. The van der Waals surface area contributed by atoms with Crippen LogP contribution in [0.2, 0.25) is 0 Å². The molecule has 3 aromatic rings. The van der Waals surface area contributed by atoms with Gasteiger partial charge < -0.3 is 36.3 Å². The van der Waals surface area contributed by atoms with Gasteiger partial charge in [0.2, 0.25) is 5.91 Å². The number of nitrogens with zero attached hydrogens (tertiary/aromatic N) is 1. The Kier molecular flexibility index (Phi) is 12.3. The van der Waals surface area contributed by atoms with Crippen molar-refractivity contribution >= 4 is 34.2 Å². The first-order chi connectivity index (χ1) is 21.9. The molecular weight excluding hydrogens is 610 g/mol. The summed E-state index contributed by atoms with van der Waals surface area (Å²) in [7, 11) is -1.93. The van der Waals surface area contributed by atoms with E-state index in [4.69, 9.17) is 15.2 Å². The lowest BCUT2D eigenvalue weighted by Crippen LogP contribution is -2.51. The monoisotopic (exact) mass is 655 g/mol. The Morgan fingerprint density at radius 3 is 2.43 bits per heavy atom. The van der Waals surface area contributed by atoms with Crippen LogP contribution in [0.4, 0.5) is 16.2 Å². The number of alkyl carbamates (subject to hydrolysis) is 1. The quantitative estimate of drug-likeness (QED) is 0.124. The van der Waals surface area contributed by atoms with E-state index in [0.29, 0.717) is 17.1 Å². The number of nitrogens with one attached hydrogen (secondary N) is 3. The molecule has 0 bridgehead atoms. The third-order valence-corrected chi connectivity index (χ3v) is 9.52. The average Bonchev–Trinajstić information content (AvgIpc) is 3.49.